The minimum Gasteiger partial charge on any atom is -0.467 e. The van der Waals surface area contributed by atoms with Crippen molar-refractivity contribution < 1.29 is 24.2 Å². The lowest BCUT2D eigenvalue weighted by molar-refractivity contribution is -0.161. The Kier molecular flexibility index (Phi) is 4.28. The van der Waals surface area contributed by atoms with Crippen LogP contribution in [-0.4, -0.2) is 31.4 Å². The highest BCUT2D eigenvalue weighted by molar-refractivity contribution is 5.89. The highest BCUT2D eigenvalue weighted by Gasteiger charge is 2.35. The monoisotopic (exact) mass is 253 g/mol. The molecule has 6 heteroatoms. The van der Waals surface area contributed by atoms with Gasteiger partial charge in [-0.25, -0.2) is 9.59 Å². The molecular formula is C12H15NO5. The molecule has 1 unspecified atom stereocenters. The Morgan fingerprint density at radius 3 is 2.39 bits per heavy atom. The van der Waals surface area contributed by atoms with E-state index in [1.807, 2.05) is 0 Å². The van der Waals surface area contributed by atoms with Crippen LogP contribution in [0.4, 0.5) is 10.5 Å². The first-order valence-electron chi connectivity index (χ1n) is 5.18. The van der Waals surface area contributed by atoms with Gasteiger partial charge in [-0.05, 0) is 13.0 Å². The van der Waals surface area contributed by atoms with Crippen LogP contribution >= 0.6 is 0 Å². The van der Waals surface area contributed by atoms with Gasteiger partial charge in [-0.2, -0.15) is 0 Å². The van der Waals surface area contributed by atoms with Crippen LogP contribution in [0.1, 0.15) is 12.5 Å². The van der Waals surface area contributed by atoms with Crippen molar-refractivity contribution in [1.29, 1.82) is 0 Å². The molecule has 0 aromatic heterocycles. The summed E-state index contributed by atoms with van der Waals surface area (Å²) in [4.78, 5) is 22.7. The van der Waals surface area contributed by atoms with Gasteiger partial charge in [-0.15, -0.1) is 0 Å². The Bertz CT molecular complexity index is 456. The van der Waals surface area contributed by atoms with Crippen molar-refractivity contribution in [3.8, 4) is 0 Å². The molecule has 1 amide bonds. The summed E-state index contributed by atoms with van der Waals surface area (Å²) >= 11 is 0. The van der Waals surface area contributed by atoms with Crippen molar-refractivity contribution in [2.45, 2.75) is 12.5 Å². The molecule has 1 rings (SSSR count). The zero-order valence-corrected chi connectivity index (χ0v) is 10.4. The lowest BCUT2D eigenvalue weighted by atomic mass is 9.94. The minimum atomic E-state index is -1.85. The zero-order chi connectivity index (χ0) is 13.8. The number of hydrogen-bond acceptors (Lipinski definition) is 5. The Morgan fingerprint density at radius 1 is 1.22 bits per heavy atom. The summed E-state index contributed by atoms with van der Waals surface area (Å²) in [7, 11) is 2.39. The highest BCUT2D eigenvalue weighted by Crippen LogP contribution is 2.29. The zero-order valence-electron chi connectivity index (χ0n) is 10.4. The van der Waals surface area contributed by atoms with Crippen LogP contribution in [-0.2, 0) is 19.9 Å². The molecule has 0 aliphatic carbocycles. The summed E-state index contributed by atoms with van der Waals surface area (Å²) in [5.41, 5.74) is -1.35. The Balaban J connectivity index is 3.16. The Hall–Kier alpha value is -2.08. The smallest absolute Gasteiger partial charge is 0.411 e. The number of carbonyl (C=O) groups is 2. The fourth-order valence-electron chi connectivity index (χ4n) is 1.49. The molecule has 0 bridgehead atoms. The molecule has 6 nitrogen and oxygen atoms in total. The van der Waals surface area contributed by atoms with E-state index in [-0.39, 0.29) is 11.3 Å². The summed E-state index contributed by atoms with van der Waals surface area (Å²) in [5.74, 6) is -0.818. The molecule has 2 N–H and O–H groups in total. The highest BCUT2D eigenvalue weighted by atomic mass is 16.5. The van der Waals surface area contributed by atoms with Crippen molar-refractivity contribution in [3.05, 3.63) is 29.8 Å². The van der Waals surface area contributed by atoms with Crippen LogP contribution in [0.25, 0.3) is 0 Å². The van der Waals surface area contributed by atoms with Gasteiger partial charge < -0.3 is 14.6 Å². The number of methoxy groups -OCH3 is 2. The van der Waals surface area contributed by atoms with Crippen molar-refractivity contribution in [2.24, 2.45) is 0 Å². The predicted molar refractivity (Wildman–Crippen MR) is 64.1 cm³/mol. The van der Waals surface area contributed by atoms with Crippen LogP contribution in [0.5, 0.6) is 0 Å². The third-order valence-corrected chi connectivity index (χ3v) is 2.46. The summed E-state index contributed by atoms with van der Waals surface area (Å²) in [5, 5.41) is 12.6. The third-order valence-electron chi connectivity index (χ3n) is 2.46. The standard InChI is InChI=1S/C12H15NO5/c1-12(16,10(14)17-2)8-6-4-5-7-9(8)13-11(15)18-3/h4-7,16H,1-3H3,(H,13,15). The number of para-hydroxylation sites is 1. The largest absolute Gasteiger partial charge is 0.467 e. The number of nitrogens with one attached hydrogen (secondary N) is 1. The van der Waals surface area contributed by atoms with E-state index in [2.05, 4.69) is 14.8 Å². The van der Waals surface area contributed by atoms with Gasteiger partial charge in [0.2, 0.25) is 0 Å². The number of amides is 1. The maximum absolute atomic E-state index is 11.5. The lowest BCUT2D eigenvalue weighted by Gasteiger charge is -2.23. The van der Waals surface area contributed by atoms with Gasteiger partial charge in [0.1, 0.15) is 0 Å². The van der Waals surface area contributed by atoms with Crippen molar-refractivity contribution in [1.82, 2.24) is 0 Å². The van der Waals surface area contributed by atoms with Gasteiger partial charge in [0.15, 0.2) is 5.60 Å². The molecule has 0 saturated carbocycles. The minimum absolute atomic E-state index is 0.224. The summed E-state index contributed by atoms with van der Waals surface area (Å²) in [6.07, 6.45) is -0.692. The summed E-state index contributed by atoms with van der Waals surface area (Å²) in [6, 6.07) is 6.35. The van der Waals surface area contributed by atoms with E-state index in [1.165, 1.54) is 27.2 Å². The number of esters is 1. The second-order valence-corrected chi connectivity index (χ2v) is 3.73. The molecule has 1 aromatic carbocycles. The van der Waals surface area contributed by atoms with Crippen LogP contribution in [0, 0.1) is 0 Å². The average molecular weight is 253 g/mol. The third kappa shape index (κ3) is 2.78. The molecule has 0 saturated heterocycles. The molecule has 1 atom stereocenters. The number of hydrogen-bond donors (Lipinski definition) is 2. The van der Waals surface area contributed by atoms with E-state index in [0.717, 1.165) is 0 Å². The van der Waals surface area contributed by atoms with Crippen LogP contribution in [0.2, 0.25) is 0 Å². The number of rotatable bonds is 3. The molecule has 0 heterocycles. The summed E-state index contributed by atoms with van der Waals surface area (Å²) < 4.78 is 8.98. The number of ether oxygens (including phenoxy) is 2. The average Bonchev–Trinajstić information content (AvgIpc) is 2.37. The van der Waals surface area contributed by atoms with Crippen LogP contribution in [0.15, 0.2) is 24.3 Å². The van der Waals surface area contributed by atoms with Gasteiger partial charge in [-0.3, -0.25) is 5.32 Å². The quantitative estimate of drug-likeness (QED) is 0.792. The van der Waals surface area contributed by atoms with E-state index in [1.54, 1.807) is 18.2 Å². The molecule has 98 valence electrons. The first-order chi connectivity index (χ1) is 8.43. The van der Waals surface area contributed by atoms with E-state index in [9.17, 15) is 14.7 Å². The number of aliphatic hydroxyl groups is 1. The van der Waals surface area contributed by atoms with E-state index >= 15 is 0 Å². The molecule has 0 aliphatic rings. The van der Waals surface area contributed by atoms with E-state index < -0.39 is 17.7 Å². The lowest BCUT2D eigenvalue weighted by Crippen LogP contribution is -2.34. The Labute approximate surface area is 105 Å². The number of benzene rings is 1. The molecule has 0 fully saturated rings. The van der Waals surface area contributed by atoms with Gasteiger partial charge in [0, 0.05) is 5.56 Å². The molecular weight excluding hydrogens is 238 g/mol. The normalized spacial score (nSPS) is 13.3. The number of anilines is 1. The maximum atomic E-state index is 11.5. The van der Waals surface area contributed by atoms with Gasteiger partial charge in [0.05, 0.1) is 19.9 Å². The summed E-state index contributed by atoms with van der Waals surface area (Å²) in [6.45, 7) is 1.29. The molecule has 0 radical (unpaired) electrons. The second-order valence-electron chi connectivity index (χ2n) is 3.73. The van der Waals surface area contributed by atoms with Crippen molar-refractivity contribution >= 4 is 17.7 Å². The SMILES string of the molecule is COC(=O)Nc1ccccc1C(C)(O)C(=O)OC. The first kappa shape index (κ1) is 14.0. The van der Waals surface area contributed by atoms with Crippen molar-refractivity contribution in [2.75, 3.05) is 19.5 Å². The van der Waals surface area contributed by atoms with Crippen molar-refractivity contribution in [3.63, 3.8) is 0 Å². The second kappa shape index (κ2) is 5.50. The van der Waals surface area contributed by atoms with Gasteiger partial charge >= 0.3 is 12.1 Å². The first-order valence-corrected chi connectivity index (χ1v) is 5.18. The number of carbonyl (C=O) groups excluding carboxylic acids is 2. The maximum Gasteiger partial charge on any atom is 0.411 e. The predicted octanol–water partition coefficient (Wildman–Crippen LogP) is 1.25. The van der Waals surface area contributed by atoms with E-state index in [0.29, 0.717) is 0 Å². The van der Waals surface area contributed by atoms with Crippen LogP contribution < -0.4 is 5.32 Å². The molecule has 18 heavy (non-hydrogen) atoms. The van der Waals surface area contributed by atoms with Gasteiger partial charge in [-0.1, -0.05) is 18.2 Å². The molecule has 0 spiro atoms. The molecule has 0 aliphatic heterocycles. The van der Waals surface area contributed by atoms with E-state index in [4.69, 9.17) is 0 Å². The fraction of sp³-hybridized carbons (Fsp3) is 0.333. The van der Waals surface area contributed by atoms with Crippen LogP contribution in [0.3, 0.4) is 0 Å². The molecule has 1 aromatic rings. The fourth-order valence-corrected chi connectivity index (χ4v) is 1.49. The topological polar surface area (TPSA) is 84.9 Å². The van der Waals surface area contributed by atoms with Gasteiger partial charge in [0.25, 0.3) is 0 Å². The Morgan fingerprint density at radius 2 is 1.83 bits per heavy atom.